The monoisotopic (exact) mass is 203 g/mol. The van der Waals surface area contributed by atoms with E-state index in [0.29, 0.717) is 6.61 Å². The fourth-order valence-corrected chi connectivity index (χ4v) is 1.38. The van der Waals surface area contributed by atoms with Crippen molar-refractivity contribution >= 4 is 0 Å². The Balaban J connectivity index is 2.12. The van der Waals surface area contributed by atoms with Crippen LogP contribution in [0.15, 0.2) is 0 Å². The lowest BCUT2D eigenvalue weighted by Crippen LogP contribution is -2.44. The van der Waals surface area contributed by atoms with E-state index in [9.17, 15) is 0 Å². The Bertz CT molecular complexity index is 153. The zero-order valence-corrected chi connectivity index (χ0v) is 9.08. The van der Waals surface area contributed by atoms with Gasteiger partial charge in [0.2, 0.25) is 0 Å². The van der Waals surface area contributed by atoms with Crippen LogP contribution in [0.4, 0.5) is 0 Å². The predicted octanol–water partition coefficient (Wildman–Crippen LogP) is 0.152. The van der Waals surface area contributed by atoms with Crippen LogP contribution in [0, 0.1) is 0 Å². The molecule has 84 valence electrons. The minimum Gasteiger partial charge on any atom is -0.394 e. The van der Waals surface area contributed by atoms with Crippen molar-refractivity contribution in [3.05, 3.63) is 0 Å². The first-order valence-corrected chi connectivity index (χ1v) is 5.19. The number of aliphatic hydroxyl groups excluding tert-OH is 1. The Kier molecular flexibility index (Phi) is 4.81. The molecular weight excluding hydrogens is 182 g/mol. The van der Waals surface area contributed by atoms with Gasteiger partial charge in [-0.1, -0.05) is 0 Å². The summed E-state index contributed by atoms with van der Waals surface area (Å²) in [5.41, 5.74) is -0.223. The van der Waals surface area contributed by atoms with Crippen molar-refractivity contribution in [3.8, 4) is 0 Å². The molecule has 1 rings (SSSR count). The molecule has 2 unspecified atom stereocenters. The van der Waals surface area contributed by atoms with Crippen molar-refractivity contribution < 1.29 is 14.6 Å². The van der Waals surface area contributed by atoms with Crippen LogP contribution in [0.25, 0.3) is 0 Å². The predicted molar refractivity (Wildman–Crippen MR) is 54.3 cm³/mol. The summed E-state index contributed by atoms with van der Waals surface area (Å²) >= 11 is 0. The van der Waals surface area contributed by atoms with Crippen LogP contribution in [0.3, 0.4) is 0 Å². The summed E-state index contributed by atoms with van der Waals surface area (Å²) in [6, 6.07) is 0. The molecule has 2 N–H and O–H groups in total. The van der Waals surface area contributed by atoms with Gasteiger partial charge in [0.15, 0.2) is 0 Å². The summed E-state index contributed by atoms with van der Waals surface area (Å²) in [5.74, 6) is 0. The van der Waals surface area contributed by atoms with E-state index in [0.717, 1.165) is 26.1 Å². The number of hydrogen-bond donors (Lipinski definition) is 2. The summed E-state index contributed by atoms with van der Waals surface area (Å²) in [5, 5.41) is 12.2. The van der Waals surface area contributed by atoms with Crippen molar-refractivity contribution in [2.45, 2.75) is 31.4 Å². The second kappa shape index (κ2) is 5.66. The molecule has 0 aromatic rings. The Morgan fingerprint density at radius 3 is 2.93 bits per heavy atom. The molecule has 4 nitrogen and oxygen atoms in total. The number of ether oxygens (including phenoxy) is 2. The first-order chi connectivity index (χ1) is 6.70. The summed E-state index contributed by atoms with van der Waals surface area (Å²) < 4.78 is 10.8. The first-order valence-electron chi connectivity index (χ1n) is 5.19. The van der Waals surface area contributed by atoms with Gasteiger partial charge in [0, 0.05) is 18.8 Å². The SMILES string of the molecule is CNC(C)(CO)CCOC1CCOC1. The number of hydrogen-bond acceptors (Lipinski definition) is 4. The van der Waals surface area contributed by atoms with Gasteiger partial charge >= 0.3 is 0 Å². The van der Waals surface area contributed by atoms with Gasteiger partial charge in [-0.3, -0.25) is 0 Å². The van der Waals surface area contributed by atoms with Gasteiger partial charge in [-0.15, -0.1) is 0 Å². The number of rotatable bonds is 6. The van der Waals surface area contributed by atoms with Gasteiger partial charge in [-0.05, 0) is 26.8 Å². The van der Waals surface area contributed by atoms with E-state index >= 15 is 0 Å². The highest BCUT2D eigenvalue weighted by Gasteiger charge is 2.22. The molecule has 1 fully saturated rings. The number of likely N-dealkylation sites (N-methyl/N-ethyl adjacent to an activating group) is 1. The molecule has 0 amide bonds. The van der Waals surface area contributed by atoms with Crippen molar-refractivity contribution in [2.75, 3.05) is 33.5 Å². The molecule has 4 heteroatoms. The summed E-state index contributed by atoms with van der Waals surface area (Å²) in [7, 11) is 1.86. The standard InChI is InChI=1S/C10H21NO3/c1-10(8-12,11-2)4-6-14-9-3-5-13-7-9/h9,11-12H,3-8H2,1-2H3. The van der Waals surface area contributed by atoms with Crippen molar-refractivity contribution in [1.29, 1.82) is 0 Å². The fraction of sp³-hybridized carbons (Fsp3) is 1.00. The lowest BCUT2D eigenvalue weighted by molar-refractivity contribution is 0.0253. The maximum Gasteiger partial charge on any atom is 0.0830 e. The molecule has 1 heterocycles. The van der Waals surface area contributed by atoms with Gasteiger partial charge in [-0.25, -0.2) is 0 Å². The highest BCUT2D eigenvalue weighted by Crippen LogP contribution is 2.12. The van der Waals surface area contributed by atoms with Crippen LogP contribution in [0.2, 0.25) is 0 Å². The van der Waals surface area contributed by atoms with Crippen LogP contribution in [0.1, 0.15) is 19.8 Å². The minimum atomic E-state index is -0.223. The first kappa shape index (κ1) is 11.9. The van der Waals surface area contributed by atoms with Crippen LogP contribution in [-0.2, 0) is 9.47 Å². The molecule has 0 aromatic carbocycles. The molecule has 0 saturated carbocycles. The molecule has 1 aliphatic heterocycles. The highest BCUT2D eigenvalue weighted by molar-refractivity contribution is 4.80. The average Bonchev–Trinajstić information content (AvgIpc) is 2.70. The van der Waals surface area contributed by atoms with Crippen LogP contribution in [0.5, 0.6) is 0 Å². The molecule has 0 spiro atoms. The fourth-order valence-electron chi connectivity index (χ4n) is 1.38. The van der Waals surface area contributed by atoms with Crippen LogP contribution >= 0.6 is 0 Å². The van der Waals surface area contributed by atoms with E-state index in [1.807, 2.05) is 14.0 Å². The Morgan fingerprint density at radius 2 is 2.43 bits per heavy atom. The van der Waals surface area contributed by atoms with Gasteiger partial charge in [0.05, 0.1) is 19.3 Å². The van der Waals surface area contributed by atoms with Crippen LogP contribution < -0.4 is 5.32 Å². The maximum absolute atomic E-state index is 9.13. The van der Waals surface area contributed by atoms with Gasteiger partial charge in [0.25, 0.3) is 0 Å². The van der Waals surface area contributed by atoms with E-state index in [1.54, 1.807) is 0 Å². The summed E-state index contributed by atoms with van der Waals surface area (Å²) in [6.45, 7) is 4.32. The van der Waals surface area contributed by atoms with E-state index in [2.05, 4.69) is 5.32 Å². The van der Waals surface area contributed by atoms with Gasteiger partial charge < -0.3 is 19.9 Å². The highest BCUT2D eigenvalue weighted by atomic mass is 16.5. The Hall–Kier alpha value is -0.160. The lowest BCUT2D eigenvalue weighted by Gasteiger charge is -2.27. The molecule has 0 aromatic heterocycles. The van der Waals surface area contributed by atoms with E-state index in [4.69, 9.17) is 14.6 Å². The average molecular weight is 203 g/mol. The third-order valence-electron chi connectivity index (χ3n) is 2.85. The molecular formula is C10H21NO3. The second-order valence-corrected chi connectivity index (χ2v) is 4.08. The van der Waals surface area contributed by atoms with Crippen molar-refractivity contribution in [3.63, 3.8) is 0 Å². The number of aliphatic hydroxyl groups is 1. The summed E-state index contributed by atoms with van der Waals surface area (Å²) in [6.07, 6.45) is 2.07. The zero-order chi connectivity index (χ0) is 10.4. The molecule has 0 bridgehead atoms. The van der Waals surface area contributed by atoms with Crippen molar-refractivity contribution in [2.24, 2.45) is 0 Å². The van der Waals surface area contributed by atoms with Crippen LogP contribution in [-0.4, -0.2) is 50.2 Å². The third kappa shape index (κ3) is 3.53. The zero-order valence-electron chi connectivity index (χ0n) is 9.08. The quantitative estimate of drug-likeness (QED) is 0.645. The molecule has 1 aliphatic rings. The Morgan fingerprint density at radius 1 is 1.64 bits per heavy atom. The topological polar surface area (TPSA) is 50.7 Å². The molecule has 0 radical (unpaired) electrons. The molecule has 14 heavy (non-hydrogen) atoms. The normalized spacial score (nSPS) is 26.4. The second-order valence-electron chi connectivity index (χ2n) is 4.08. The molecule has 0 aliphatic carbocycles. The Labute approximate surface area is 85.6 Å². The molecule has 2 atom stereocenters. The minimum absolute atomic E-state index is 0.133. The van der Waals surface area contributed by atoms with E-state index in [-0.39, 0.29) is 18.2 Å². The lowest BCUT2D eigenvalue weighted by atomic mass is 10.0. The van der Waals surface area contributed by atoms with E-state index in [1.165, 1.54) is 0 Å². The van der Waals surface area contributed by atoms with E-state index < -0.39 is 0 Å². The number of nitrogens with one attached hydrogen (secondary N) is 1. The molecule has 1 saturated heterocycles. The maximum atomic E-state index is 9.13. The van der Waals surface area contributed by atoms with Gasteiger partial charge in [0.1, 0.15) is 0 Å². The third-order valence-corrected chi connectivity index (χ3v) is 2.85. The summed E-state index contributed by atoms with van der Waals surface area (Å²) in [4.78, 5) is 0. The van der Waals surface area contributed by atoms with Gasteiger partial charge in [-0.2, -0.15) is 0 Å². The smallest absolute Gasteiger partial charge is 0.0830 e. The van der Waals surface area contributed by atoms with Crippen molar-refractivity contribution in [1.82, 2.24) is 5.32 Å². The largest absolute Gasteiger partial charge is 0.394 e.